The van der Waals surface area contributed by atoms with E-state index in [-0.39, 0.29) is 29.8 Å². The van der Waals surface area contributed by atoms with Crippen LogP contribution in [0.3, 0.4) is 0 Å². The van der Waals surface area contributed by atoms with E-state index < -0.39 is 10.7 Å². The number of nitrogens with zero attached hydrogens (tertiary/aromatic N) is 3. The molecular formula is C17H17FN4O4. The van der Waals surface area contributed by atoms with Crippen molar-refractivity contribution in [2.75, 3.05) is 0 Å². The van der Waals surface area contributed by atoms with Crippen molar-refractivity contribution in [1.82, 2.24) is 15.3 Å². The normalized spacial score (nSPS) is 19.6. The highest BCUT2D eigenvalue weighted by atomic mass is 19.1. The van der Waals surface area contributed by atoms with E-state index >= 15 is 0 Å². The van der Waals surface area contributed by atoms with Gasteiger partial charge in [-0.2, -0.15) is 0 Å². The average molecular weight is 360 g/mol. The SMILES string of the molecule is O=C(NC1CCC(Oc2ncc(F)cn2)CC1)c1ccc([N+](=O)[O-])cc1. The third-order valence-corrected chi connectivity index (χ3v) is 4.22. The Kier molecular flexibility index (Phi) is 5.35. The van der Waals surface area contributed by atoms with Gasteiger partial charge >= 0.3 is 6.01 Å². The molecule has 0 atom stereocenters. The van der Waals surface area contributed by atoms with E-state index in [0.717, 1.165) is 25.2 Å². The van der Waals surface area contributed by atoms with Crippen molar-refractivity contribution in [3.63, 3.8) is 0 Å². The van der Waals surface area contributed by atoms with Gasteiger partial charge in [-0.05, 0) is 37.8 Å². The van der Waals surface area contributed by atoms with Crippen LogP contribution < -0.4 is 10.1 Å². The number of hydrogen-bond acceptors (Lipinski definition) is 6. The molecule has 1 aromatic carbocycles. The predicted molar refractivity (Wildman–Crippen MR) is 89.2 cm³/mol. The molecule has 8 nitrogen and oxygen atoms in total. The summed E-state index contributed by atoms with van der Waals surface area (Å²) in [6.45, 7) is 0. The summed E-state index contributed by atoms with van der Waals surface area (Å²) in [4.78, 5) is 29.9. The Morgan fingerprint density at radius 2 is 1.77 bits per heavy atom. The molecule has 1 aromatic heterocycles. The lowest BCUT2D eigenvalue weighted by atomic mass is 9.92. The number of carbonyl (C=O) groups excluding carboxylic acids is 1. The Morgan fingerprint density at radius 1 is 1.15 bits per heavy atom. The highest BCUT2D eigenvalue weighted by Crippen LogP contribution is 2.22. The number of nitrogens with one attached hydrogen (secondary N) is 1. The summed E-state index contributed by atoms with van der Waals surface area (Å²) in [6.07, 6.45) is 4.91. The minimum atomic E-state index is -0.519. The lowest BCUT2D eigenvalue weighted by Crippen LogP contribution is -2.39. The molecule has 0 aliphatic heterocycles. The second-order valence-corrected chi connectivity index (χ2v) is 6.05. The van der Waals surface area contributed by atoms with E-state index in [1.54, 1.807) is 0 Å². The monoisotopic (exact) mass is 360 g/mol. The first kappa shape index (κ1) is 17.7. The van der Waals surface area contributed by atoms with Crippen molar-refractivity contribution in [2.24, 2.45) is 0 Å². The smallest absolute Gasteiger partial charge is 0.316 e. The largest absolute Gasteiger partial charge is 0.460 e. The van der Waals surface area contributed by atoms with E-state index in [9.17, 15) is 19.3 Å². The van der Waals surface area contributed by atoms with Crippen LogP contribution in [0.1, 0.15) is 36.0 Å². The average Bonchev–Trinajstić information content (AvgIpc) is 2.65. The number of carbonyl (C=O) groups is 1. The van der Waals surface area contributed by atoms with E-state index in [1.807, 2.05) is 0 Å². The molecule has 0 spiro atoms. The van der Waals surface area contributed by atoms with E-state index in [2.05, 4.69) is 15.3 Å². The van der Waals surface area contributed by atoms with Crippen molar-refractivity contribution >= 4 is 11.6 Å². The topological polar surface area (TPSA) is 107 Å². The van der Waals surface area contributed by atoms with Gasteiger partial charge in [0.2, 0.25) is 0 Å². The maximum atomic E-state index is 12.8. The van der Waals surface area contributed by atoms with Crippen LogP contribution in [0.25, 0.3) is 0 Å². The number of rotatable bonds is 5. The number of nitro groups is 1. The number of nitro benzene ring substituents is 1. The number of non-ortho nitro benzene ring substituents is 1. The lowest BCUT2D eigenvalue weighted by Gasteiger charge is -2.28. The van der Waals surface area contributed by atoms with Gasteiger partial charge in [0, 0.05) is 23.7 Å². The van der Waals surface area contributed by atoms with Crippen molar-refractivity contribution in [3.05, 3.63) is 58.2 Å². The fourth-order valence-electron chi connectivity index (χ4n) is 2.84. The number of benzene rings is 1. The number of hydrogen-bond donors (Lipinski definition) is 1. The molecule has 26 heavy (non-hydrogen) atoms. The minimum absolute atomic E-state index is 0.00618. The van der Waals surface area contributed by atoms with E-state index in [1.165, 1.54) is 24.3 Å². The zero-order valence-corrected chi connectivity index (χ0v) is 13.8. The van der Waals surface area contributed by atoms with Crippen LogP contribution in [-0.2, 0) is 0 Å². The molecule has 1 heterocycles. The summed E-state index contributed by atoms with van der Waals surface area (Å²) < 4.78 is 18.4. The molecule has 0 saturated heterocycles. The summed E-state index contributed by atoms with van der Waals surface area (Å²) in [5, 5.41) is 13.6. The summed E-state index contributed by atoms with van der Waals surface area (Å²) in [5.74, 6) is -0.777. The summed E-state index contributed by atoms with van der Waals surface area (Å²) in [5.41, 5.74) is 0.330. The maximum Gasteiger partial charge on any atom is 0.316 e. The third-order valence-electron chi connectivity index (χ3n) is 4.22. The van der Waals surface area contributed by atoms with E-state index in [4.69, 9.17) is 4.74 Å². The highest BCUT2D eigenvalue weighted by molar-refractivity contribution is 5.94. The minimum Gasteiger partial charge on any atom is -0.460 e. The van der Waals surface area contributed by atoms with Gasteiger partial charge in [0.1, 0.15) is 6.10 Å². The molecule has 0 radical (unpaired) electrons. The fourth-order valence-corrected chi connectivity index (χ4v) is 2.84. The van der Waals surface area contributed by atoms with E-state index in [0.29, 0.717) is 18.4 Å². The standard InChI is InChI=1S/C17H17FN4O4/c18-12-9-19-17(20-10-12)26-15-7-3-13(4-8-15)21-16(23)11-1-5-14(6-2-11)22(24)25/h1-2,5-6,9-10,13,15H,3-4,7-8H2,(H,21,23). The van der Waals surface area contributed by atoms with Gasteiger partial charge in [-0.3, -0.25) is 14.9 Å². The molecule has 9 heteroatoms. The van der Waals surface area contributed by atoms with Gasteiger partial charge in [0.05, 0.1) is 17.3 Å². The molecule has 1 N–H and O–H groups in total. The van der Waals surface area contributed by atoms with Crippen LogP contribution in [0.15, 0.2) is 36.7 Å². The van der Waals surface area contributed by atoms with Crippen molar-refractivity contribution < 1.29 is 18.8 Å². The first-order valence-corrected chi connectivity index (χ1v) is 8.21. The first-order chi connectivity index (χ1) is 12.5. The lowest BCUT2D eigenvalue weighted by molar-refractivity contribution is -0.384. The Morgan fingerprint density at radius 3 is 2.35 bits per heavy atom. The summed E-state index contributed by atoms with van der Waals surface area (Å²) in [7, 11) is 0. The molecule has 0 bridgehead atoms. The molecule has 3 rings (SSSR count). The van der Waals surface area contributed by atoms with Crippen LogP contribution in [0.2, 0.25) is 0 Å². The quantitative estimate of drug-likeness (QED) is 0.649. The van der Waals surface area contributed by atoms with Gasteiger partial charge in [0.15, 0.2) is 5.82 Å². The van der Waals surface area contributed by atoms with Gasteiger partial charge in [-0.25, -0.2) is 14.4 Å². The molecule has 1 amide bonds. The van der Waals surface area contributed by atoms with Crippen LogP contribution in [0, 0.1) is 15.9 Å². The Labute approximate surface area is 148 Å². The molecule has 1 fully saturated rings. The number of halogens is 1. The van der Waals surface area contributed by atoms with Crippen LogP contribution in [-0.4, -0.2) is 32.9 Å². The zero-order chi connectivity index (χ0) is 18.5. The predicted octanol–water partition coefficient (Wildman–Crippen LogP) is 2.64. The van der Waals surface area contributed by atoms with Crippen LogP contribution in [0.4, 0.5) is 10.1 Å². The Balaban J connectivity index is 1.48. The van der Waals surface area contributed by atoms with Crippen LogP contribution in [0.5, 0.6) is 6.01 Å². The van der Waals surface area contributed by atoms with Gasteiger partial charge < -0.3 is 10.1 Å². The second kappa shape index (κ2) is 7.85. The third kappa shape index (κ3) is 4.50. The molecule has 2 aromatic rings. The van der Waals surface area contributed by atoms with Crippen molar-refractivity contribution in [1.29, 1.82) is 0 Å². The zero-order valence-electron chi connectivity index (χ0n) is 13.8. The van der Waals surface area contributed by atoms with Gasteiger partial charge in [-0.1, -0.05) is 0 Å². The Hall–Kier alpha value is -3.10. The molecule has 0 unspecified atom stereocenters. The number of ether oxygens (including phenoxy) is 1. The first-order valence-electron chi connectivity index (χ1n) is 8.21. The Bertz CT molecular complexity index is 774. The molecular weight excluding hydrogens is 343 g/mol. The van der Waals surface area contributed by atoms with Gasteiger partial charge in [-0.15, -0.1) is 0 Å². The van der Waals surface area contributed by atoms with Gasteiger partial charge in [0.25, 0.3) is 11.6 Å². The maximum absolute atomic E-state index is 12.8. The highest BCUT2D eigenvalue weighted by Gasteiger charge is 2.24. The summed E-state index contributed by atoms with van der Waals surface area (Å²) in [6, 6.07) is 5.64. The fraction of sp³-hybridized carbons (Fsp3) is 0.353. The molecule has 1 aliphatic rings. The molecule has 136 valence electrons. The van der Waals surface area contributed by atoms with Crippen molar-refractivity contribution in [3.8, 4) is 6.01 Å². The van der Waals surface area contributed by atoms with Crippen molar-refractivity contribution in [2.45, 2.75) is 37.8 Å². The molecule has 1 saturated carbocycles. The summed E-state index contributed by atoms with van der Waals surface area (Å²) >= 11 is 0. The molecule has 1 aliphatic carbocycles. The second-order valence-electron chi connectivity index (χ2n) is 6.05. The van der Waals surface area contributed by atoms with Crippen LogP contribution >= 0.6 is 0 Å². The number of amides is 1. The number of aromatic nitrogens is 2.